The fraction of sp³-hybridized carbons (Fsp3) is 0.458. The van der Waals surface area contributed by atoms with Gasteiger partial charge in [0.1, 0.15) is 0 Å². The molecule has 1 N–H and O–H groups in total. The molecule has 1 aromatic carbocycles. The quantitative estimate of drug-likeness (QED) is 0.357. The van der Waals surface area contributed by atoms with Gasteiger partial charge in [-0.2, -0.15) is 0 Å². The number of aryl methyl sites for hydroxylation is 2. The summed E-state index contributed by atoms with van der Waals surface area (Å²) in [6.45, 7) is 4.37. The van der Waals surface area contributed by atoms with Crippen LogP contribution in [-0.2, 0) is 17.6 Å². The fourth-order valence-corrected chi connectivity index (χ4v) is 3.30. The molecular formula is C24H32N2O2. The predicted molar refractivity (Wildman–Crippen MR) is 115 cm³/mol. The van der Waals surface area contributed by atoms with Crippen LogP contribution in [0.2, 0.25) is 0 Å². The van der Waals surface area contributed by atoms with Crippen LogP contribution in [0.15, 0.2) is 36.7 Å². The lowest BCUT2D eigenvalue weighted by molar-refractivity contribution is -0.131. The highest BCUT2D eigenvalue weighted by atomic mass is 16.4. The molecule has 28 heavy (non-hydrogen) atoms. The molecule has 0 aliphatic heterocycles. The number of rotatable bonds is 12. The molecule has 150 valence electrons. The maximum absolute atomic E-state index is 10.9. The first kappa shape index (κ1) is 21.8. The molecule has 0 fully saturated rings. The Morgan fingerprint density at radius 1 is 0.964 bits per heavy atom. The average molecular weight is 381 g/mol. The SMILES string of the molecule is CCCCCCCCc1cc(-c2ncc(CCC)cn2)ccc1/C=C/C(=O)O. The Balaban J connectivity index is 2.15. The smallest absolute Gasteiger partial charge is 0.328 e. The molecule has 1 aromatic heterocycles. The summed E-state index contributed by atoms with van der Waals surface area (Å²) in [6, 6.07) is 6.06. The lowest BCUT2D eigenvalue weighted by Crippen LogP contribution is -1.96. The van der Waals surface area contributed by atoms with Crippen molar-refractivity contribution in [1.82, 2.24) is 9.97 Å². The van der Waals surface area contributed by atoms with Crippen LogP contribution in [0.5, 0.6) is 0 Å². The highest BCUT2D eigenvalue weighted by Gasteiger charge is 2.07. The maximum Gasteiger partial charge on any atom is 0.328 e. The summed E-state index contributed by atoms with van der Waals surface area (Å²) in [5.74, 6) is -0.206. The average Bonchev–Trinajstić information content (AvgIpc) is 2.70. The standard InChI is InChI=1S/C24H32N2O2/c1-3-5-6-7-8-9-11-21-16-22(13-12-20(21)14-15-23(27)28)24-25-17-19(10-4-2)18-26-24/h12-18H,3-11H2,1-2H3,(H,27,28)/b15-14+. The van der Waals surface area contributed by atoms with Gasteiger partial charge in [0.05, 0.1) is 0 Å². The second-order valence-corrected chi connectivity index (χ2v) is 7.27. The van der Waals surface area contributed by atoms with E-state index in [0.717, 1.165) is 53.8 Å². The third-order valence-electron chi connectivity index (χ3n) is 4.85. The highest BCUT2D eigenvalue weighted by molar-refractivity contribution is 5.85. The van der Waals surface area contributed by atoms with Crippen LogP contribution in [0.1, 0.15) is 75.5 Å². The monoisotopic (exact) mass is 380 g/mol. The van der Waals surface area contributed by atoms with E-state index >= 15 is 0 Å². The molecule has 0 saturated heterocycles. The van der Waals surface area contributed by atoms with Crippen molar-refractivity contribution in [2.24, 2.45) is 0 Å². The molecule has 0 unspecified atom stereocenters. The van der Waals surface area contributed by atoms with Crippen molar-refractivity contribution >= 4 is 12.0 Å². The zero-order chi connectivity index (χ0) is 20.2. The van der Waals surface area contributed by atoms with Crippen LogP contribution in [0, 0.1) is 0 Å². The lowest BCUT2D eigenvalue weighted by atomic mass is 9.97. The number of aliphatic carboxylic acids is 1. The van der Waals surface area contributed by atoms with Gasteiger partial charge < -0.3 is 5.11 Å². The number of carboxylic acids is 1. The Labute approximate surface area is 168 Å². The van der Waals surface area contributed by atoms with Crippen molar-refractivity contribution in [3.05, 3.63) is 53.4 Å². The molecule has 4 nitrogen and oxygen atoms in total. The Morgan fingerprint density at radius 2 is 1.68 bits per heavy atom. The Kier molecular flexibility index (Phi) is 9.40. The molecule has 0 spiro atoms. The molecule has 0 saturated carbocycles. The van der Waals surface area contributed by atoms with Gasteiger partial charge in [0.25, 0.3) is 0 Å². The summed E-state index contributed by atoms with van der Waals surface area (Å²) < 4.78 is 0. The van der Waals surface area contributed by atoms with E-state index in [-0.39, 0.29) is 0 Å². The Hall–Kier alpha value is -2.49. The van der Waals surface area contributed by atoms with Crippen LogP contribution >= 0.6 is 0 Å². The van der Waals surface area contributed by atoms with Gasteiger partial charge in [-0.3, -0.25) is 0 Å². The summed E-state index contributed by atoms with van der Waals surface area (Å²) in [7, 11) is 0. The Morgan fingerprint density at radius 3 is 2.36 bits per heavy atom. The molecule has 0 aliphatic carbocycles. The number of hydrogen-bond acceptors (Lipinski definition) is 3. The third-order valence-corrected chi connectivity index (χ3v) is 4.85. The second kappa shape index (κ2) is 12.1. The van der Waals surface area contributed by atoms with Crippen molar-refractivity contribution in [3.63, 3.8) is 0 Å². The van der Waals surface area contributed by atoms with Gasteiger partial charge in [-0.05, 0) is 48.1 Å². The molecule has 2 aromatic rings. The topological polar surface area (TPSA) is 63.1 Å². The van der Waals surface area contributed by atoms with Crippen LogP contribution in [0.3, 0.4) is 0 Å². The van der Waals surface area contributed by atoms with E-state index in [4.69, 9.17) is 5.11 Å². The fourth-order valence-electron chi connectivity index (χ4n) is 3.30. The minimum absolute atomic E-state index is 0.720. The first-order valence-electron chi connectivity index (χ1n) is 10.5. The van der Waals surface area contributed by atoms with Gasteiger partial charge in [0.15, 0.2) is 5.82 Å². The van der Waals surface area contributed by atoms with Gasteiger partial charge in [0, 0.05) is 24.0 Å². The van der Waals surface area contributed by atoms with Crippen LogP contribution < -0.4 is 0 Å². The molecule has 0 amide bonds. The summed E-state index contributed by atoms with van der Waals surface area (Å²) in [4.78, 5) is 20.0. The van der Waals surface area contributed by atoms with E-state index in [2.05, 4.69) is 29.9 Å². The predicted octanol–water partition coefficient (Wildman–Crippen LogP) is 6.10. The highest BCUT2D eigenvalue weighted by Crippen LogP contribution is 2.23. The van der Waals surface area contributed by atoms with Crippen molar-refractivity contribution in [1.29, 1.82) is 0 Å². The van der Waals surface area contributed by atoms with Crippen molar-refractivity contribution in [3.8, 4) is 11.4 Å². The molecular weight excluding hydrogens is 348 g/mol. The van der Waals surface area contributed by atoms with E-state index in [1.165, 1.54) is 38.2 Å². The van der Waals surface area contributed by atoms with Crippen molar-refractivity contribution in [2.45, 2.75) is 71.6 Å². The van der Waals surface area contributed by atoms with E-state index in [0.29, 0.717) is 0 Å². The Bertz CT molecular complexity index is 767. The second-order valence-electron chi connectivity index (χ2n) is 7.27. The van der Waals surface area contributed by atoms with Gasteiger partial charge in [0.2, 0.25) is 0 Å². The van der Waals surface area contributed by atoms with Crippen molar-refractivity contribution in [2.75, 3.05) is 0 Å². The van der Waals surface area contributed by atoms with Crippen LogP contribution in [0.25, 0.3) is 17.5 Å². The van der Waals surface area contributed by atoms with E-state index in [1.807, 2.05) is 24.5 Å². The zero-order valence-corrected chi connectivity index (χ0v) is 17.2. The third kappa shape index (κ3) is 7.26. The summed E-state index contributed by atoms with van der Waals surface area (Å²) in [5.41, 5.74) is 4.25. The first-order chi connectivity index (χ1) is 13.6. The number of benzene rings is 1. The molecule has 0 radical (unpaired) electrons. The number of carboxylic acid groups (broad SMARTS) is 1. The van der Waals surface area contributed by atoms with Crippen LogP contribution in [0.4, 0.5) is 0 Å². The van der Waals surface area contributed by atoms with Gasteiger partial charge in [-0.15, -0.1) is 0 Å². The minimum Gasteiger partial charge on any atom is -0.478 e. The summed E-state index contributed by atoms with van der Waals surface area (Å²) in [6.07, 6.45) is 17.1. The van der Waals surface area contributed by atoms with Gasteiger partial charge in [-0.25, -0.2) is 14.8 Å². The largest absolute Gasteiger partial charge is 0.478 e. The van der Waals surface area contributed by atoms with E-state index < -0.39 is 5.97 Å². The normalized spacial score (nSPS) is 11.2. The molecule has 0 aliphatic rings. The summed E-state index contributed by atoms with van der Waals surface area (Å²) >= 11 is 0. The number of nitrogens with zero attached hydrogens (tertiary/aromatic N) is 2. The number of aromatic nitrogens is 2. The van der Waals surface area contributed by atoms with Crippen molar-refractivity contribution < 1.29 is 9.90 Å². The van der Waals surface area contributed by atoms with E-state index in [9.17, 15) is 4.79 Å². The van der Waals surface area contributed by atoms with Gasteiger partial charge >= 0.3 is 5.97 Å². The molecule has 0 bridgehead atoms. The molecule has 1 heterocycles. The van der Waals surface area contributed by atoms with Crippen LogP contribution in [-0.4, -0.2) is 21.0 Å². The lowest BCUT2D eigenvalue weighted by Gasteiger charge is -2.10. The van der Waals surface area contributed by atoms with E-state index in [1.54, 1.807) is 6.08 Å². The first-order valence-corrected chi connectivity index (χ1v) is 10.5. The van der Waals surface area contributed by atoms with Gasteiger partial charge in [-0.1, -0.05) is 64.5 Å². The number of unbranched alkanes of at least 4 members (excludes halogenated alkanes) is 5. The minimum atomic E-state index is -0.926. The summed E-state index contributed by atoms with van der Waals surface area (Å²) in [5, 5.41) is 8.96. The molecule has 4 heteroatoms. The maximum atomic E-state index is 10.9. The number of carbonyl (C=O) groups is 1. The molecule has 2 rings (SSSR count). The zero-order valence-electron chi connectivity index (χ0n) is 17.2. The number of hydrogen-bond donors (Lipinski definition) is 1. The molecule has 0 atom stereocenters.